The van der Waals surface area contributed by atoms with Gasteiger partial charge in [0.15, 0.2) is 0 Å². The predicted octanol–water partition coefficient (Wildman–Crippen LogP) is 3.21. The van der Waals surface area contributed by atoms with E-state index in [1.54, 1.807) is 24.3 Å². The highest BCUT2D eigenvalue weighted by Gasteiger charge is 2.07. The summed E-state index contributed by atoms with van der Waals surface area (Å²) in [5.41, 5.74) is 2.28. The topological polar surface area (TPSA) is 58.6 Å². The summed E-state index contributed by atoms with van der Waals surface area (Å²) in [6, 6.07) is 14.6. The molecule has 0 atom stereocenters. The zero-order valence-electron chi connectivity index (χ0n) is 11.4. The van der Waals surface area contributed by atoms with Crippen molar-refractivity contribution < 1.29 is 14.6 Å². The van der Waals surface area contributed by atoms with E-state index in [0.717, 1.165) is 15.7 Å². The second-order valence-corrected chi connectivity index (χ2v) is 5.35. The van der Waals surface area contributed by atoms with Crippen LogP contribution in [0.15, 0.2) is 53.0 Å². The third-order valence-electron chi connectivity index (χ3n) is 2.82. The maximum Gasteiger partial charge on any atom is 0.338 e. The Hall–Kier alpha value is -1.85. The van der Waals surface area contributed by atoms with E-state index in [1.165, 1.54) is 0 Å². The Balaban J connectivity index is 1.91. The minimum absolute atomic E-state index is 0.0659. The molecule has 0 amide bonds. The van der Waals surface area contributed by atoms with E-state index in [-0.39, 0.29) is 19.2 Å². The minimum atomic E-state index is -0.358. The Morgan fingerprint density at radius 1 is 1.19 bits per heavy atom. The SMILES string of the molecule is O=C(OCc1cccc(Br)c1)c1ccc(NCCO)cc1. The number of rotatable bonds is 6. The minimum Gasteiger partial charge on any atom is -0.457 e. The lowest BCUT2D eigenvalue weighted by molar-refractivity contribution is 0.0472. The van der Waals surface area contributed by atoms with Gasteiger partial charge in [0.05, 0.1) is 12.2 Å². The number of ether oxygens (including phenoxy) is 1. The Kier molecular flexibility index (Phi) is 5.78. The second-order valence-electron chi connectivity index (χ2n) is 4.43. The normalized spacial score (nSPS) is 10.2. The first kappa shape index (κ1) is 15.5. The standard InChI is InChI=1S/C16H16BrNO3/c17-14-3-1-2-12(10-14)11-21-16(20)13-4-6-15(7-5-13)18-8-9-19/h1-7,10,18-19H,8-9,11H2. The molecule has 21 heavy (non-hydrogen) atoms. The molecule has 5 heteroatoms. The van der Waals surface area contributed by atoms with Crippen LogP contribution in [0.25, 0.3) is 0 Å². The van der Waals surface area contributed by atoms with E-state index in [0.29, 0.717) is 12.1 Å². The van der Waals surface area contributed by atoms with E-state index >= 15 is 0 Å². The molecule has 0 aliphatic heterocycles. The number of aliphatic hydroxyl groups is 1. The van der Waals surface area contributed by atoms with Crippen LogP contribution < -0.4 is 5.32 Å². The van der Waals surface area contributed by atoms with E-state index in [2.05, 4.69) is 21.2 Å². The van der Waals surface area contributed by atoms with Crippen LogP contribution in [0.3, 0.4) is 0 Å². The van der Waals surface area contributed by atoms with Gasteiger partial charge in [-0.05, 0) is 42.0 Å². The summed E-state index contributed by atoms with van der Waals surface area (Å²) in [6.07, 6.45) is 0. The van der Waals surface area contributed by atoms with Crippen molar-refractivity contribution in [3.05, 3.63) is 64.1 Å². The van der Waals surface area contributed by atoms with Gasteiger partial charge in [-0.1, -0.05) is 28.1 Å². The van der Waals surface area contributed by atoms with Crippen LogP contribution in [0, 0.1) is 0 Å². The van der Waals surface area contributed by atoms with Gasteiger partial charge in [0.1, 0.15) is 6.61 Å². The Labute approximate surface area is 131 Å². The van der Waals surface area contributed by atoms with Gasteiger partial charge in [0.25, 0.3) is 0 Å². The van der Waals surface area contributed by atoms with Crippen molar-refractivity contribution in [2.24, 2.45) is 0 Å². The molecule has 110 valence electrons. The van der Waals surface area contributed by atoms with Crippen molar-refractivity contribution in [2.75, 3.05) is 18.5 Å². The lowest BCUT2D eigenvalue weighted by Crippen LogP contribution is -2.07. The van der Waals surface area contributed by atoms with Crippen LogP contribution in [-0.4, -0.2) is 24.2 Å². The molecule has 0 saturated heterocycles. The highest BCUT2D eigenvalue weighted by atomic mass is 79.9. The van der Waals surface area contributed by atoms with Crippen molar-refractivity contribution >= 4 is 27.6 Å². The first-order chi connectivity index (χ1) is 10.2. The van der Waals surface area contributed by atoms with Crippen LogP contribution >= 0.6 is 15.9 Å². The Morgan fingerprint density at radius 3 is 2.62 bits per heavy atom. The van der Waals surface area contributed by atoms with E-state index in [9.17, 15) is 4.79 Å². The molecule has 4 nitrogen and oxygen atoms in total. The molecular weight excluding hydrogens is 334 g/mol. The monoisotopic (exact) mass is 349 g/mol. The Bertz CT molecular complexity index is 599. The van der Waals surface area contributed by atoms with Crippen LogP contribution in [0.5, 0.6) is 0 Å². The molecule has 2 rings (SSSR count). The molecule has 2 N–H and O–H groups in total. The highest BCUT2D eigenvalue weighted by molar-refractivity contribution is 9.10. The number of carbonyl (C=O) groups is 1. The summed E-state index contributed by atoms with van der Waals surface area (Å²) < 4.78 is 6.22. The van der Waals surface area contributed by atoms with Gasteiger partial charge in [0.2, 0.25) is 0 Å². The fourth-order valence-corrected chi connectivity index (χ4v) is 2.23. The summed E-state index contributed by atoms with van der Waals surface area (Å²) in [4.78, 5) is 11.9. The summed E-state index contributed by atoms with van der Waals surface area (Å²) in [5.74, 6) is -0.358. The van der Waals surface area contributed by atoms with Gasteiger partial charge in [-0.15, -0.1) is 0 Å². The van der Waals surface area contributed by atoms with Crippen LogP contribution in [0.1, 0.15) is 15.9 Å². The van der Waals surface area contributed by atoms with E-state index < -0.39 is 0 Å². The molecule has 0 spiro atoms. The van der Waals surface area contributed by atoms with Gasteiger partial charge in [0, 0.05) is 16.7 Å². The van der Waals surface area contributed by atoms with Crippen LogP contribution in [-0.2, 0) is 11.3 Å². The zero-order valence-corrected chi connectivity index (χ0v) is 13.0. The number of anilines is 1. The lowest BCUT2D eigenvalue weighted by Gasteiger charge is -2.07. The third kappa shape index (κ3) is 4.88. The quantitative estimate of drug-likeness (QED) is 0.786. The predicted molar refractivity (Wildman–Crippen MR) is 85.3 cm³/mol. The van der Waals surface area contributed by atoms with Gasteiger partial charge in [-0.3, -0.25) is 0 Å². The molecule has 2 aromatic carbocycles. The lowest BCUT2D eigenvalue weighted by atomic mass is 10.2. The second kappa shape index (κ2) is 7.81. The summed E-state index contributed by atoms with van der Waals surface area (Å²) in [6.45, 7) is 0.784. The summed E-state index contributed by atoms with van der Waals surface area (Å²) in [5, 5.41) is 11.7. The van der Waals surface area contributed by atoms with Crippen molar-refractivity contribution in [3.8, 4) is 0 Å². The van der Waals surface area contributed by atoms with Gasteiger partial charge >= 0.3 is 5.97 Å². The van der Waals surface area contributed by atoms with Gasteiger partial charge in [-0.25, -0.2) is 4.79 Å². The molecule has 0 aliphatic carbocycles. The molecule has 0 aliphatic rings. The smallest absolute Gasteiger partial charge is 0.338 e. The molecule has 0 unspecified atom stereocenters. The molecular formula is C16H16BrNO3. The van der Waals surface area contributed by atoms with Crippen molar-refractivity contribution in [3.63, 3.8) is 0 Å². The van der Waals surface area contributed by atoms with E-state index in [4.69, 9.17) is 9.84 Å². The number of hydrogen-bond acceptors (Lipinski definition) is 4. The molecule has 0 saturated carbocycles. The third-order valence-corrected chi connectivity index (χ3v) is 3.31. The van der Waals surface area contributed by atoms with Gasteiger partial charge < -0.3 is 15.2 Å². The molecule has 0 aromatic heterocycles. The number of nitrogens with one attached hydrogen (secondary N) is 1. The summed E-state index contributed by atoms with van der Waals surface area (Å²) >= 11 is 3.38. The number of carbonyl (C=O) groups excluding carboxylic acids is 1. The van der Waals surface area contributed by atoms with Crippen molar-refractivity contribution in [2.45, 2.75) is 6.61 Å². The van der Waals surface area contributed by atoms with Crippen LogP contribution in [0.4, 0.5) is 5.69 Å². The molecule has 2 aromatic rings. The number of aliphatic hydroxyl groups excluding tert-OH is 1. The first-order valence-electron chi connectivity index (χ1n) is 6.55. The first-order valence-corrected chi connectivity index (χ1v) is 7.34. The molecule has 0 heterocycles. The number of halogens is 1. The number of benzene rings is 2. The number of esters is 1. The van der Waals surface area contributed by atoms with Crippen molar-refractivity contribution in [1.82, 2.24) is 0 Å². The largest absolute Gasteiger partial charge is 0.457 e. The average Bonchev–Trinajstić information content (AvgIpc) is 2.51. The molecule has 0 bridgehead atoms. The fraction of sp³-hybridized carbons (Fsp3) is 0.188. The van der Waals surface area contributed by atoms with E-state index in [1.807, 2.05) is 24.3 Å². The number of hydrogen-bond donors (Lipinski definition) is 2. The van der Waals surface area contributed by atoms with Gasteiger partial charge in [-0.2, -0.15) is 0 Å². The fourth-order valence-electron chi connectivity index (χ4n) is 1.78. The molecule has 0 radical (unpaired) electrons. The summed E-state index contributed by atoms with van der Waals surface area (Å²) in [7, 11) is 0. The highest BCUT2D eigenvalue weighted by Crippen LogP contribution is 2.14. The Morgan fingerprint density at radius 2 is 1.95 bits per heavy atom. The maximum absolute atomic E-state index is 11.9. The zero-order chi connectivity index (χ0) is 15.1. The average molecular weight is 350 g/mol. The van der Waals surface area contributed by atoms with Crippen molar-refractivity contribution in [1.29, 1.82) is 0 Å². The van der Waals surface area contributed by atoms with Crippen LogP contribution in [0.2, 0.25) is 0 Å². The molecule has 0 fully saturated rings. The maximum atomic E-state index is 11.9.